The van der Waals surface area contributed by atoms with Gasteiger partial charge in [0.25, 0.3) is 0 Å². The molecule has 0 aliphatic carbocycles. The van der Waals surface area contributed by atoms with Crippen molar-refractivity contribution in [3.63, 3.8) is 0 Å². The molecule has 114 valence electrons. The van der Waals surface area contributed by atoms with Crippen LogP contribution in [0.2, 0.25) is 5.02 Å². The summed E-state index contributed by atoms with van der Waals surface area (Å²) < 4.78 is 15.8. The fraction of sp³-hybridized carbons (Fsp3) is 0.438. The van der Waals surface area contributed by atoms with Crippen molar-refractivity contribution in [2.75, 3.05) is 6.54 Å². The fourth-order valence-electron chi connectivity index (χ4n) is 2.19. The average Bonchev–Trinajstić information content (AvgIpc) is 2.90. The van der Waals surface area contributed by atoms with E-state index in [9.17, 15) is 4.39 Å². The normalized spacial score (nSPS) is 11.6. The van der Waals surface area contributed by atoms with Crippen LogP contribution in [0, 0.1) is 5.82 Å². The van der Waals surface area contributed by atoms with Crippen LogP contribution in [0.25, 0.3) is 0 Å². The maximum atomic E-state index is 13.9. The van der Waals surface area contributed by atoms with E-state index in [-0.39, 0.29) is 5.82 Å². The molecule has 0 aliphatic rings. The molecule has 0 saturated carbocycles. The Morgan fingerprint density at radius 3 is 2.67 bits per heavy atom. The molecule has 1 aromatic heterocycles. The molecule has 1 heterocycles. The number of nitrogens with zero attached hydrogens (tertiary/aromatic N) is 3. The summed E-state index contributed by atoms with van der Waals surface area (Å²) in [4.78, 5) is 2.14. The van der Waals surface area contributed by atoms with E-state index in [1.807, 2.05) is 17.1 Å². The summed E-state index contributed by atoms with van der Waals surface area (Å²) in [7, 11) is 0. The molecule has 0 spiro atoms. The van der Waals surface area contributed by atoms with E-state index in [4.69, 9.17) is 11.6 Å². The Balaban J connectivity index is 2.09. The summed E-state index contributed by atoms with van der Waals surface area (Å²) >= 11 is 6.10. The molecule has 0 radical (unpaired) electrons. The standard InChI is InChI=1S/C16H21ClFN3/c1-4-20(9-13-8-19-21(10-13)12(2)3)11-14-15(17)6-5-7-16(14)18/h5-8,10,12H,4,9,11H2,1-3H3. The van der Waals surface area contributed by atoms with Crippen LogP contribution in [0.5, 0.6) is 0 Å². The van der Waals surface area contributed by atoms with Crippen molar-refractivity contribution in [2.45, 2.75) is 39.9 Å². The second-order valence-corrected chi connectivity index (χ2v) is 5.83. The Bertz CT molecular complexity index is 575. The minimum atomic E-state index is -0.251. The zero-order valence-corrected chi connectivity index (χ0v) is 13.4. The maximum absolute atomic E-state index is 13.9. The molecule has 0 saturated heterocycles. The van der Waals surface area contributed by atoms with Crippen LogP contribution in [-0.2, 0) is 13.1 Å². The molecule has 0 bridgehead atoms. The molecule has 0 aliphatic heterocycles. The molecule has 1 aromatic carbocycles. The Hall–Kier alpha value is -1.39. The molecule has 2 aromatic rings. The van der Waals surface area contributed by atoms with E-state index in [1.165, 1.54) is 6.07 Å². The van der Waals surface area contributed by atoms with E-state index in [1.54, 1.807) is 12.1 Å². The van der Waals surface area contributed by atoms with Crippen LogP contribution >= 0.6 is 11.6 Å². The number of halogens is 2. The molecule has 0 unspecified atom stereocenters. The molecule has 21 heavy (non-hydrogen) atoms. The molecule has 3 nitrogen and oxygen atoms in total. The van der Waals surface area contributed by atoms with Crippen LogP contribution in [0.15, 0.2) is 30.6 Å². The Morgan fingerprint density at radius 2 is 2.10 bits per heavy atom. The van der Waals surface area contributed by atoms with Crippen LogP contribution in [-0.4, -0.2) is 21.2 Å². The highest BCUT2D eigenvalue weighted by atomic mass is 35.5. The summed E-state index contributed by atoms with van der Waals surface area (Å²) in [5.41, 5.74) is 1.68. The first-order chi connectivity index (χ1) is 10.0. The number of benzene rings is 1. The Morgan fingerprint density at radius 1 is 1.33 bits per heavy atom. The van der Waals surface area contributed by atoms with E-state index < -0.39 is 0 Å². The van der Waals surface area contributed by atoms with Crippen LogP contribution in [0.4, 0.5) is 4.39 Å². The van der Waals surface area contributed by atoms with Gasteiger partial charge < -0.3 is 0 Å². The second-order valence-electron chi connectivity index (χ2n) is 5.43. The van der Waals surface area contributed by atoms with Crippen molar-refractivity contribution in [3.05, 3.63) is 52.6 Å². The highest BCUT2D eigenvalue weighted by Crippen LogP contribution is 2.21. The van der Waals surface area contributed by atoms with E-state index in [0.29, 0.717) is 23.2 Å². The first-order valence-electron chi connectivity index (χ1n) is 7.19. The lowest BCUT2D eigenvalue weighted by Crippen LogP contribution is -2.23. The predicted octanol–water partition coefficient (Wildman–Crippen LogP) is 4.28. The summed E-state index contributed by atoms with van der Waals surface area (Å²) in [5, 5.41) is 4.81. The minimum absolute atomic E-state index is 0.251. The van der Waals surface area contributed by atoms with Gasteiger partial charge in [0.05, 0.1) is 6.20 Å². The Kier molecular flexibility index (Phi) is 5.37. The topological polar surface area (TPSA) is 21.1 Å². The first-order valence-corrected chi connectivity index (χ1v) is 7.57. The number of hydrogen-bond donors (Lipinski definition) is 0. The number of hydrogen-bond acceptors (Lipinski definition) is 2. The number of rotatable bonds is 6. The van der Waals surface area contributed by atoms with Crippen LogP contribution in [0.3, 0.4) is 0 Å². The van der Waals surface area contributed by atoms with Crippen LogP contribution < -0.4 is 0 Å². The zero-order valence-electron chi connectivity index (χ0n) is 12.7. The van der Waals surface area contributed by atoms with Gasteiger partial charge in [-0.1, -0.05) is 24.6 Å². The lowest BCUT2D eigenvalue weighted by atomic mass is 10.2. The van der Waals surface area contributed by atoms with Gasteiger partial charge in [-0.15, -0.1) is 0 Å². The minimum Gasteiger partial charge on any atom is -0.295 e. The third-order valence-corrected chi connectivity index (χ3v) is 3.83. The quantitative estimate of drug-likeness (QED) is 0.794. The van der Waals surface area contributed by atoms with Gasteiger partial charge in [0.1, 0.15) is 5.82 Å². The highest BCUT2D eigenvalue weighted by Gasteiger charge is 2.13. The van der Waals surface area contributed by atoms with Gasteiger partial charge in [-0.3, -0.25) is 9.58 Å². The number of aromatic nitrogens is 2. The molecule has 0 atom stereocenters. The average molecular weight is 310 g/mol. The van der Waals surface area contributed by atoms with Crippen molar-refractivity contribution in [3.8, 4) is 0 Å². The van der Waals surface area contributed by atoms with Gasteiger partial charge in [0, 0.05) is 41.5 Å². The van der Waals surface area contributed by atoms with Gasteiger partial charge in [0.15, 0.2) is 0 Å². The Labute approximate surface area is 130 Å². The van der Waals surface area contributed by atoms with Gasteiger partial charge in [-0.25, -0.2) is 4.39 Å². The zero-order chi connectivity index (χ0) is 15.4. The van der Waals surface area contributed by atoms with E-state index in [2.05, 4.69) is 30.8 Å². The smallest absolute Gasteiger partial charge is 0.129 e. The summed E-state index contributed by atoms with van der Waals surface area (Å²) in [6.45, 7) is 8.28. The third kappa shape index (κ3) is 4.05. The summed E-state index contributed by atoms with van der Waals surface area (Å²) in [6.07, 6.45) is 3.90. The fourth-order valence-corrected chi connectivity index (χ4v) is 2.41. The van der Waals surface area contributed by atoms with Gasteiger partial charge >= 0.3 is 0 Å². The molecular formula is C16H21ClFN3. The maximum Gasteiger partial charge on any atom is 0.129 e. The summed E-state index contributed by atoms with van der Waals surface area (Å²) in [5.74, 6) is -0.251. The highest BCUT2D eigenvalue weighted by molar-refractivity contribution is 6.31. The molecular weight excluding hydrogens is 289 g/mol. The molecule has 5 heteroatoms. The lowest BCUT2D eigenvalue weighted by Gasteiger charge is -2.20. The SMILES string of the molecule is CCN(Cc1cnn(C(C)C)c1)Cc1c(F)cccc1Cl. The van der Waals surface area contributed by atoms with E-state index >= 15 is 0 Å². The van der Waals surface area contributed by atoms with Gasteiger partial charge in [-0.2, -0.15) is 5.10 Å². The second kappa shape index (κ2) is 7.05. The van der Waals surface area contributed by atoms with Crippen molar-refractivity contribution < 1.29 is 4.39 Å². The molecule has 0 amide bonds. The van der Waals surface area contributed by atoms with Crippen molar-refractivity contribution in [1.29, 1.82) is 0 Å². The molecule has 0 N–H and O–H groups in total. The third-order valence-electron chi connectivity index (χ3n) is 3.48. The first kappa shape index (κ1) is 16.0. The largest absolute Gasteiger partial charge is 0.295 e. The molecule has 2 rings (SSSR count). The van der Waals surface area contributed by atoms with Crippen LogP contribution in [0.1, 0.15) is 37.9 Å². The van der Waals surface area contributed by atoms with Crippen molar-refractivity contribution >= 4 is 11.6 Å². The van der Waals surface area contributed by atoms with E-state index in [0.717, 1.165) is 18.7 Å². The summed E-state index contributed by atoms with van der Waals surface area (Å²) in [6, 6.07) is 5.15. The predicted molar refractivity (Wildman–Crippen MR) is 83.8 cm³/mol. The lowest BCUT2D eigenvalue weighted by molar-refractivity contribution is 0.267. The monoisotopic (exact) mass is 309 g/mol. The van der Waals surface area contributed by atoms with Gasteiger partial charge in [0.2, 0.25) is 0 Å². The van der Waals surface area contributed by atoms with Gasteiger partial charge in [-0.05, 0) is 32.5 Å². The van der Waals surface area contributed by atoms with Crippen molar-refractivity contribution in [2.24, 2.45) is 0 Å². The molecule has 0 fully saturated rings. The van der Waals surface area contributed by atoms with Crippen molar-refractivity contribution in [1.82, 2.24) is 14.7 Å².